The van der Waals surface area contributed by atoms with Crippen molar-refractivity contribution in [3.05, 3.63) is 36.7 Å². The van der Waals surface area contributed by atoms with Crippen molar-refractivity contribution < 1.29 is 30.7 Å². The summed E-state index contributed by atoms with van der Waals surface area (Å²) >= 11 is 0. The first-order chi connectivity index (χ1) is 11.2. The van der Waals surface area contributed by atoms with Gasteiger partial charge in [0.2, 0.25) is 0 Å². The Balaban J connectivity index is 0. The molecule has 1 aromatic carbocycles. The van der Waals surface area contributed by atoms with Crippen molar-refractivity contribution in [3.8, 4) is 0 Å². The first kappa shape index (κ1) is 25.3. The Labute approximate surface area is 142 Å². The molecular weight excluding hydrogens is 369 g/mol. The fourth-order valence-corrected chi connectivity index (χ4v) is 1.22. The molecule has 14 heteroatoms. The molecule has 2 aromatic rings. The van der Waals surface area contributed by atoms with E-state index >= 15 is 0 Å². The van der Waals surface area contributed by atoms with Gasteiger partial charge in [0.05, 0.1) is 11.0 Å². The van der Waals surface area contributed by atoms with Crippen LogP contribution in [0.3, 0.4) is 0 Å². The summed E-state index contributed by atoms with van der Waals surface area (Å²) < 4.78 is 60.6. The minimum atomic E-state index is -4.67. The molecule has 1 aliphatic rings. The number of nitrogens with one attached hydrogen (secondary N) is 3. The number of benzene rings is 1. The summed E-state index contributed by atoms with van der Waals surface area (Å²) in [7, 11) is -4.67. The molecule has 1 saturated heterocycles. The molecular formula is C11H19F3N6O4S. The second kappa shape index (κ2) is 14.4. The molecule has 0 amide bonds. The van der Waals surface area contributed by atoms with Crippen LogP contribution in [0.5, 0.6) is 0 Å². The van der Waals surface area contributed by atoms with Crippen molar-refractivity contribution in [2.75, 3.05) is 13.1 Å². The van der Waals surface area contributed by atoms with Gasteiger partial charge in [0, 0.05) is 25.5 Å². The topological polar surface area (TPSA) is 171 Å². The van der Waals surface area contributed by atoms with Gasteiger partial charge in [-0.2, -0.15) is 27.1 Å². The third kappa shape index (κ3) is 20.0. The van der Waals surface area contributed by atoms with Gasteiger partial charge in [-0.3, -0.25) is 19.1 Å². The lowest BCUT2D eigenvalue weighted by atomic mass is 10.3. The Bertz CT molecular complexity index is 592. The zero-order valence-electron chi connectivity index (χ0n) is 12.8. The highest BCUT2D eigenvalue weighted by atomic mass is 32.3. The van der Waals surface area contributed by atoms with E-state index in [1.54, 1.807) is 12.4 Å². The number of alkyl halides is 3. The Morgan fingerprint density at radius 2 is 1.28 bits per heavy atom. The second-order valence-corrected chi connectivity index (χ2v) is 4.61. The highest BCUT2D eigenvalue weighted by Crippen LogP contribution is 2.04. The molecule has 8 N–H and O–H groups in total. The van der Waals surface area contributed by atoms with E-state index in [9.17, 15) is 13.2 Å². The number of hydrogen-bond acceptors (Lipinski definition) is 8. The molecule has 1 aromatic heterocycles. The maximum Gasteiger partial charge on any atom is 0.394 e. The molecule has 25 heavy (non-hydrogen) atoms. The van der Waals surface area contributed by atoms with Crippen LogP contribution in [-0.2, 0) is 10.4 Å². The van der Waals surface area contributed by atoms with E-state index in [1.165, 1.54) is 0 Å². The molecule has 1 fully saturated rings. The molecule has 0 saturated carbocycles. The Morgan fingerprint density at radius 1 is 0.960 bits per heavy atom. The summed E-state index contributed by atoms with van der Waals surface area (Å²) in [6.45, 7) is -1.61. The van der Waals surface area contributed by atoms with Gasteiger partial charge in [-0.1, -0.05) is 12.1 Å². The largest absolute Gasteiger partial charge is 0.394 e. The lowest BCUT2D eigenvalue weighted by Crippen LogP contribution is -2.29. The van der Waals surface area contributed by atoms with E-state index in [0.717, 1.165) is 24.1 Å². The fourth-order valence-electron chi connectivity index (χ4n) is 1.22. The van der Waals surface area contributed by atoms with Crippen molar-refractivity contribution in [2.24, 2.45) is 0 Å². The zero-order chi connectivity index (χ0) is 18.4. The molecule has 144 valence electrons. The van der Waals surface area contributed by atoms with Gasteiger partial charge in [0.25, 0.3) is 0 Å². The van der Waals surface area contributed by atoms with Gasteiger partial charge >= 0.3 is 17.1 Å². The van der Waals surface area contributed by atoms with Crippen LogP contribution in [0.25, 0.3) is 11.0 Å². The van der Waals surface area contributed by atoms with Crippen LogP contribution in [0.4, 0.5) is 13.2 Å². The van der Waals surface area contributed by atoms with Crippen LogP contribution < -0.4 is 22.5 Å². The van der Waals surface area contributed by atoms with Crippen molar-refractivity contribution in [2.45, 2.75) is 6.68 Å². The van der Waals surface area contributed by atoms with Crippen molar-refractivity contribution in [3.63, 3.8) is 0 Å². The van der Waals surface area contributed by atoms with Gasteiger partial charge in [0.1, 0.15) is 0 Å². The van der Waals surface area contributed by atoms with Crippen LogP contribution in [0.1, 0.15) is 0 Å². The summed E-state index contributed by atoms with van der Waals surface area (Å²) in [4.78, 5) is 8.24. The maximum absolute atomic E-state index is 9.67. The highest BCUT2D eigenvalue weighted by molar-refractivity contribution is 7.79. The van der Waals surface area contributed by atoms with E-state index in [1.807, 2.05) is 24.3 Å². The van der Waals surface area contributed by atoms with Crippen molar-refractivity contribution >= 4 is 21.4 Å². The molecule has 0 bridgehead atoms. The quantitative estimate of drug-likeness (QED) is 0.356. The van der Waals surface area contributed by atoms with E-state index in [-0.39, 0.29) is 6.15 Å². The second-order valence-electron chi connectivity index (χ2n) is 3.72. The molecule has 0 radical (unpaired) electrons. The van der Waals surface area contributed by atoms with E-state index < -0.39 is 17.1 Å². The third-order valence-corrected chi connectivity index (χ3v) is 1.93. The fraction of sp³-hybridized carbons (Fsp3) is 0.273. The lowest BCUT2D eigenvalue weighted by molar-refractivity contribution is 0.00819. The molecule has 0 aliphatic carbocycles. The Morgan fingerprint density at radius 3 is 1.52 bits per heavy atom. The van der Waals surface area contributed by atoms with E-state index in [2.05, 4.69) is 26.4 Å². The summed E-state index contributed by atoms with van der Waals surface area (Å²) in [5.74, 6) is 0. The van der Waals surface area contributed by atoms with Gasteiger partial charge in [-0.25, -0.2) is 10.9 Å². The van der Waals surface area contributed by atoms with E-state index in [0.29, 0.717) is 0 Å². The maximum atomic E-state index is 9.67. The third-order valence-electron chi connectivity index (χ3n) is 1.93. The Hall–Kier alpha value is -1.94. The number of nitrogens with zero attached hydrogens (tertiary/aromatic N) is 2. The normalized spacial score (nSPS) is 12.6. The van der Waals surface area contributed by atoms with Gasteiger partial charge in [-0.05, 0) is 12.1 Å². The molecule has 0 spiro atoms. The summed E-state index contributed by atoms with van der Waals surface area (Å²) in [6, 6.07) is 7.80. The summed E-state index contributed by atoms with van der Waals surface area (Å²) in [5, 5.41) is 0. The number of hydrazine groups is 2. The van der Waals surface area contributed by atoms with Crippen molar-refractivity contribution in [1.82, 2.24) is 32.5 Å². The SMILES string of the molecule is C1CNNN1.FC(F)F.N.O=S(=O)(O)O.c1ccc2nccnc2c1. The first-order valence-corrected chi connectivity index (χ1v) is 7.58. The number of hydrogen-bond donors (Lipinski definition) is 6. The number of fused-ring (bicyclic) bond motifs is 1. The number of aromatic nitrogens is 2. The summed E-state index contributed by atoms with van der Waals surface area (Å²) in [6.07, 6.45) is 3.39. The minimum absolute atomic E-state index is 0. The average molecular weight is 388 g/mol. The Kier molecular flexibility index (Phi) is 14.6. The molecule has 2 heterocycles. The number of rotatable bonds is 0. The molecule has 3 rings (SSSR count). The predicted molar refractivity (Wildman–Crippen MR) is 85.0 cm³/mol. The van der Waals surface area contributed by atoms with Gasteiger partial charge in [-0.15, -0.1) is 0 Å². The predicted octanol–water partition coefficient (Wildman–Crippen LogP) is 0.916. The summed E-state index contributed by atoms with van der Waals surface area (Å²) in [5.41, 5.74) is 10.3. The minimum Gasteiger partial charge on any atom is -0.344 e. The number of para-hydroxylation sites is 2. The van der Waals surface area contributed by atoms with Crippen LogP contribution >= 0.6 is 0 Å². The smallest absolute Gasteiger partial charge is 0.344 e. The van der Waals surface area contributed by atoms with Gasteiger partial charge in [0.15, 0.2) is 0 Å². The van der Waals surface area contributed by atoms with Crippen LogP contribution in [-0.4, -0.2) is 47.3 Å². The zero-order valence-corrected chi connectivity index (χ0v) is 13.6. The molecule has 0 atom stereocenters. The molecule has 10 nitrogen and oxygen atoms in total. The van der Waals surface area contributed by atoms with E-state index in [4.69, 9.17) is 17.5 Å². The standard InChI is InChI=1S/C8H6N2.C2H7N3.CHF3.H3N.H2O4S/c1-2-4-8-7(3-1)9-5-6-10-8;1-2-4-5-3-1;2-1(3)4;;1-5(2,3)4/h1-6H;3-5H,1-2H2;1H;1H3;(H2,1,2,3,4). The van der Waals surface area contributed by atoms with Gasteiger partial charge < -0.3 is 6.15 Å². The van der Waals surface area contributed by atoms with Crippen LogP contribution in [0, 0.1) is 0 Å². The molecule has 1 aliphatic heterocycles. The molecule has 0 unspecified atom stereocenters. The van der Waals surface area contributed by atoms with Crippen LogP contribution in [0.15, 0.2) is 36.7 Å². The first-order valence-electron chi connectivity index (χ1n) is 6.18. The average Bonchev–Trinajstić information content (AvgIpc) is 3.04. The van der Waals surface area contributed by atoms with Crippen LogP contribution in [0.2, 0.25) is 0 Å². The highest BCUT2D eigenvalue weighted by Gasteiger charge is 1.89. The van der Waals surface area contributed by atoms with Crippen molar-refractivity contribution in [1.29, 1.82) is 0 Å². The number of halogens is 3. The lowest BCUT2D eigenvalue weighted by Gasteiger charge is -1.90. The monoisotopic (exact) mass is 388 g/mol.